The Bertz CT molecular complexity index is 614. The van der Waals surface area contributed by atoms with Gasteiger partial charge in [-0.15, -0.1) is 10.2 Å². The first-order valence-electron chi connectivity index (χ1n) is 4.93. The summed E-state index contributed by atoms with van der Waals surface area (Å²) in [4.78, 5) is 10.5. The molecule has 0 N–H and O–H groups in total. The van der Waals surface area contributed by atoms with Crippen molar-refractivity contribution in [3.8, 4) is 11.4 Å². The van der Waals surface area contributed by atoms with Crippen LogP contribution in [0.2, 0.25) is 5.02 Å². The number of benzene rings is 1. The molecule has 2 aromatic rings. The van der Waals surface area contributed by atoms with Crippen molar-refractivity contribution in [2.24, 2.45) is 7.05 Å². The number of hydrogen-bond acceptors (Lipinski definition) is 4. The van der Waals surface area contributed by atoms with Crippen LogP contribution in [0.1, 0.15) is 5.82 Å². The number of nitro benzene ring substituents is 1. The minimum atomic E-state index is -0.482. The Hall–Kier alpha value is -1.47. The number of aromatic nitrogens is 3. The van der Waals surface area contributed by atoms with Crippen molar-refractivity contribution in [3.63, 3.8) is 0 Å². The van der Waals surface area contributed by atoms with Gasteiger partial charge in [0.25, 0.3) is 5.69 Å². The molecule has 0 fully saturated rings. The maximum Gasteiger partial charge on any atom is 0.281 e. The fraction of sp³-hybridized carbons (Fsp3) is 0.200. The van der Waals surface area contributed by atoms with Crippen LogP contribution in [-0.2, 0) is 12.4 Å². The summed E-state index contributed by atoms with van der Waals surface area (Å²) >= 11 is 9.04. The second kappa shape index (κ2) is 5.03. The van der Waals surface area contributed by atoms with E-state index >= 15 is 0 Å². The van der Waals surface area contributed by atoms with Crippen LogP contribution >= 0.6 is 27.5 Å². The molecule has 2 rings (SSSR count). The zero-order valence-electron chi connectivity index (χ0n) is 9.30. The minimum Gasteiger partial charge on any atom is -0.313 e. The van der Waals surface area contributed by atoms with Gasteiger partial charge < -0.3 is 4.57 Å². The lowest BCUT2D eigenvalue weighted by Crippen LogP contribution is -1.99. The smallest absolute Gasteiger partial charge is 0.281 e. The van der Waals surface area contributed by atoms with E-state index in [1.54, 1.807) is 23.7 Å². The maximum absolute atomic E-state index is 11.0. The molecule has 0 atom stereocenters. The second-order valence-corrected chi connectivity index (χ2v) is 4.55. The molecule has 6 nitrogen and oxygen atoms in total. The van der Waals surface area contributed by atoms with Crippen molar-refractivity contribution in [3.05, 3.63) is 39.2 Å². The zero-order valence-corrected chi connectivity index (χ0v) is 11.6. The van der Waals surface area contributed by atoms with Crippen LogP contribution in [0.3, 0.4) is 0 Å². The van der Waals surface area contributed by atoms with Gasteiger partial charge in [0.15, 0.2) is 5.82 Å². The van der Waals surface area contributed by atoms with E-state index in [2.05, 4.69) is 26.1 Å². The largest absolute Gasteiger partial charge is 0.313 e. The van der Waals surface area contributed by atoms with Crippen LogP contribution < -0.4 is 0 Å². The summed E-state index contributed by atoms with van der Waals surface area (Å²) in [6.45, 7) is 0. The van der Waals surface area contributed by atoms with E-state index in [0.717, 1.165) is 0 Å². The van der Waals surface area contributed by atoms with E-state index in [1.165, 1.54) is 6.07 Å². The Morgan fingerprint density at radius 2 is 2.22 bits per heavy atom. The number of rotatable bonds is 3. The Labute approximate surface area is 116 Å². The average Bonchev–Trinajstić information content (AvgIpc) is 2.70. The molecule has 18 heavy (non-hydrogen) atoms. The molecule has 0 saturated carbocycles. The van der Waals surface area contributed by atoms with Gasteiger partial charge in [-0.3, -0.25) is 10.1 Å². The lowest BCUT2D eigenvalue weighted by atomic mass is 10.1. The van der Waals surface area contributed by atoms with Crippen molar-refractivity contribution in [2.75, 3.05) is 0 Å². The van der Waals surface area contributed by atoms with Gasteiger partial charge in [0, 0.05) is 18.1 Å². The van der Waals surface area contributed by atoms with Crippen LogP contribution in [0, 0.1) is 10.1 Å². The molecule has 1 aromatic heterocycles. The normalized spacial score (nSPS) is 10.6. The quantitative estimate of drug-likeness (QED) is 0.492. The highest BCUT2D eigenvalue weighted by molar-refractivity contribution is 9.08. The second-order valence-electron chi connectivity index (χ2n) is 3.55. The molecule has 0 spiro atoms. The molecule has 0 unspecified atom stereocenters. The van der Waals surface area contributed by atoms with Gasteiger partial charge >= 0.3 is 0 Å². The first-order valence-corrected chi connectivity index (χ1v) is 6.43. The molecule has 0 aliphatic rings. The summed E-state index contributed by atoms with van der Waals surface area (Å²) in [6, 6.07) is 4.47. The van der Waals surface area contributed by atoms with Gasteiger partial charge in [-0.2, -0.15) is 0 Å². The molecule has 8 heteroatoms. The average molecular weight is 332 g/mol. The van der Waals surface area contributed by atoms with Crippen molar-refractivity contribution in [2.45, 2.75) is 5.33 Å². The van der Waals surface area contributed by atoms with E-state index in [0.29, 0.717) is 27.6 Å². The van der Waals surface area contributed by atoms with Crippen LogP contribution in [0.25, 0.3) is 11.4 Å². The monoisotopic (exact) mass is 330 g/mol. The van der Waals surface area contributed by atoms with Crippen LogP contribution in [0.5, 0.6) is 0 Å². The summed E-state index contributed by atoms with van der Waals surface area (Å²) in [6.07, 6.45) is 0. The highest BCUT2D eigenvalue weighted by atomic mass is 79.9. The molecule has 94 valence electrons. The molecule has 0 aliphatic heterocycles. The summed E-state index contributed by atoms with van der Waals surface area (Å²) in [5.41, 5.74) is 0.311. The van der Waals surface area contributed by atoms with Crippen molar-refractivity contribution in [1.29, 1.82) is 0 Å². The first kappa shape index (κ1) is 13.0. The van der Waals surface area contributed by atoms with Gasteiger partial charge in [0.1, 0.15) is 5.82 Å². The number of halogens is 2. The predicted molar refractivity (Wildman–Crippen MR) is 70.7 cm³/mol. The van der Waals surface area contributed by atoms with E-state index in [-0.39, 0.29) is 5.69 Å². The number of nitro groups is 1. The molecule has 0 radical (unpaired) electrons. The molecule has 1 aromatic carbocycles. The maximum atomic E-state index is 11.0. The summed E-state index contributed by atoms with van der Waals surface area (Å²) < 4.78 is 1.70. The third kappa shape index (κ3) is 2.23. The van der Waals surface area contributed by atoms with Gasteiger partial charge in [-0.1, -0.05) is 27.5 Å². The lowest BCUT2D eigenvalue weighted by Gasteiger charge is -2.03. The van der Waals surface area contributed by atoms with E-state index < -0.39 is 4.92 Å². The fourth-order valence-corrected chi connectivity index (χ4v) is 2.21. The zero-order chi connectivity index (χ0) is 13.3. The SMILES string of the molecule is Cn1c(CBr)nnc1-c1ccc(Cl)cc1[N+](=O)[O-]. The molecular formula is C10H8BrClN4O2. The van der Waals surface area contributed by atoms with Crippen LogP contribution in [0.4, 0.5) is 5.69 Å². The summed E-state index contributed by atoms with van der Waals surface area (Å²) in [5.74, 6) is 1.13. The van der Waals surface area contributed by atoms with Gasteiger partial charge in [-0.25, -0.2) is 0 Å². The van der Waals surface area contributed by atoms with E-state index in [1.807, 2.05) is 0 Å². The number of nitrogens with zero attached hydrogens (tertiary/aromatic N) is 4. The van der Waals surface area contributed by atoms with Crippen LogP contribution in [-0.4, -0.2) is 19.7 Å². The third-order valence-electron chi connectivity index (χ3n) is 2.48. The highest BCUT2D eigenvalue weighted by Gasteiger charge is 2.20. The molecule has 0 saturated heterocycles. The van der Waals surface area contributed by atoms with Crippen molar-refractivity contribution >= 4 is 33.2 Å². The minimum absolute atomic E-state index is 0.0841. The first-order chi connectivity index (χ1) is 8.54. The topological polar surface area (TPSA) is 73.8 Å². The Morgan fingerprint density at radius 1 is 1.50 bits per heavy atom. The Balaban J connectivity index is 2.63. The Morgan fingerprint density at radius 3 is 2.78 bits per heavy atom. The highest BCUT2D eigenvalue weighted by Crippen LogP contribution is 2.31. The summed E-state index contributed by atoms with van der Waals surface area (Å²) in [5, 5.41) is 19.8. The van der Waals surface area contributed by atoms with Crippen molar-refractivity contribution in [1.82, 2.24) is 14.8 Å². The molecule has 0 aliphatic carbocycles. The lowest BCUT2D eigenvalue weighted by molar-refractivity contribution is -0.384. The molecule has 0 amide bonds. The standard InChI is InChI=1S/C10H8BrClN4O2/c1-15-9(5-11)13-14-10(15)7-3-2-6(12)4-8(7)16(17)18/h2-4H,5H2,1H3. The predicted octanol–water partition coefficient (Wildman–Crippen LogP) is 2.94. The Kier molecular flexibility index (Phi) is 3.63. The van der Waals surface area contributed by atoms with E-state index in [4.69, 9.17) is 11.6 Å². The van der Waals surface area contributed by atoms with Gasteiger partial charge in [0.2, 0.25) is 0 Å². The van der Waals surface area contributed by atoms with Crippen molar-refractivity contribution < 1.29 is 4.92 Å². The van der Waals surface area contributed by atoms with E-state index in [9.17, 15) is 10.1 Å². The molecule has 1 heterocycles. The third-order valence-corrected chi connectivity index (χ3v) is 3.22. The van der Waals surface area contributed by atoms with Gasteiger partial charge in [0.05, 0.1) is 15.8 Å². The molecule has 0 bridgehead atoms. The van der Waals surface area contributed by atoms with Gasteiger partial charge in [-0.05, 0) is 12.1 Å². The number of alkyl halides is 1. The summed E-state index contributed by atoms with van der Waals surface area (Å²) in [7, 11) is 1.75. The van der Waals surface area contributed by atoms with Crippen LogP contribution in [0.15, 0.2) is 18.2 Å². The molecular weight excluding hydrogens is 323 g/mol. The fourth-order valence-electron chi connectivity index (χ4n) is 1.56. The number of hydrogen-bond donors (Lipinski definition) is 0.